The molecule has 1 atom stereocenters. The fourth-order valence-electron chi connectivity index (χ4n) is 1.76. The van der Waals surface area contributed by atoms with Gasteiger partial charge in [0.2, 0.25) is 0 Å². The molecular formula is C13H10ClF4NO. The van der Waals surface area contributed by atoms with Crippen molar-refractivity contribution in [3.8, 4) is 0 Å². The van der Waals surface area contributed by atoms with E-state index in [1.165, 1.54) is 22.9 Å². The minimum Gasteiger partial charge on any atom is -0.379 e. The molecule has 1 heterocycles. The maximum absolute atomic E-state index is 13.6. The summed E-state index contributed by atoms with van der Waals surface area (Å²) in [5.74, 6) is -0.538. The lowest BCUT2D eigenvalue weighted by molar-refractivity contribution is -0.206. The molecule has 0 radical (unpaired) electrons. The average molecular weight is 308 g/mol. The van der Waals surface area contributed by atoms with Gasteiger partial charge in [0.15, 0.2) is 6.10 Å². The summed E-state index contributed by atoms with van der Waals surface area (Å²) in [4.78, 5) is 0. The third kappa shape index (κ3) is 3.32. The number of aliphatic hydroxyl groups is 1. The molecule has 108 valence electrons. The second-order valence-electron chi connectivity index (χ2n) is 4.30. The molecule has 1 N–H and O–H groups in total. The number of alkyl halides is 3. The van der Waals surface area contributed by atoms with Crippen LogP contribution in [0.3, 0.4) is 0 Å². The Bertz CT molecular complexity index is 609. The first-order chi connectivity index (χ1) is 9.27. The van der Waals surface area contributed by atoms with Crippen molar-refractivity contribution in [2.45, 2.75) is 18.8 Å². The van der Waals surface area contributed by atoms with Crippen molar-refractivity contribution in [1.29, 1.82) is 0 Å². The van der Waals surface area contributed by atoms with Crippen molar-refractivity contribution < 1.29 is 22.7 Å². The van der Waals surface area contributed by atoms with Gasteiger partial charge in [-0.15, -0.1) is 0 Å². The maximum atomic E-state index is 13.6. The van der Waals surface area contributed by atoms with Crippen molar-refractivity contribution in [2.75, 3.05) is 0 Å². The number of hydrogen-bond acceptors (Lipinski definition) is 1. The molecule has 2 nitrogen and oxygen atoms in total. The van der Waals surface area contributed by atoms with Gasteiger partial charge in [-0.2, -0.15) is 13.2 Å². The minimum atomic E-state index is -4.72. The Balaban J connectivity index is 2.18. The summed E-state index contributed by atoms with van der Waals surface area (Å²) in [5.41, 5.74) is 0.00456. The topological polar surface area (TPSA) is 25.2 Å². The van der Waals surface area contributed by atoms with E-state index in [-0.39, 0.29) is 22.7 Å². The van der Waals surface area contributed by atoms with Gasteiger partial charge in [0.05, 0.1) is 0 Å². The van der Waals surface area contributed by atoms with Crippen molar-refractivity contribution in [3.63, 3.8) is 0 Å². The van der Waals surface area contributed by atoms with Gasteiger partial charge in [-0.3, -0.25) is 0 Å². The zero-order chi connectivity index (χ0) is 14.9. The fraction of sp³-hybridized carbons (Fsp3) is 0.231. The van der Waals surface area contributed by atoms with Gasteiger partial charge in [0.1, 0.15) is 5.82 Å². The summed E-state index contributed by atoms with van der Waals surface area (Å²) >= 11 is 5.61. The largest absolute Gasteiger partial charge is 0.418 e. The van der Waals surface area contributed by atoms with E-state index in [0.29, 0.717) is 0 Å². The van der Waals surface area contributed by atoms with Gasteiger partial charge in [0.25, 0.3) is 0 Å². The molecule has 0 saturated carbocycles. The molecule has 0 amide bonds. The standard InChI is InChI=1S/C13H10ClF4NO/c14-10-2-1-8(11(15)5-10)6-19-4-3-9(7-19)12(20)13(16,17)18/h1-5,7,12,20H,6H2. The maximum Gasteiger partial charge on any atom is 0.418 e. The molecular weight excluding hydrogens is 298 g/mol. The van der Waals surface area contributed by atoms with Crippen molar-refractivity contribution >= 4 is 11.6 Å². The first kappa shape index (κ1) is 14.9. The quantitative estimate of drug-likeness (QED) is 0.854. The SMILES string of the molecule is OC(c1ccn(Cc2ccc(Cl)cc2F)c1)C(F)(F)F. The highest BCUT2D eigenvalue weighted by Gasteiger charge is 2.39. The Labute approximate surface area is 117 Å². The number of aliphatic hydroxyl groups excluding tert-OH is 1. The predicted molar refractivity (Wildman–Crippen MR) is 66.0 cm³/mol. The summed E-state index contributed by atoms with van der Waals surface area (Å²) in [7, 11) is 0. The Kier molecular flexibility index (Phi) is 4.06. The summed E-state index contributed by atoms with van der Waals surface area (Å²) in [6, 6.07) is 5.23. The van der Waals surface area contributed by atoms with E-state index in [0.717, 1.165) is 18.3 Å². The predicted octanol–water partition coefficient (Wildman–Crippen LogP) is 3.92. The third-order valence-corrected chi connectivity index (χ3v) is 3.00. The molecule has 0 saturated heterocycles. The number of nitrogens with zero attached hydrogens (tertiary/aromatic N) is 1. The highest BCUT2D eigenvalue weighted by Crippen LogP contribution is 2.32. The van der Waals surface area contributed by atoms with E-state index in [2.05, 4.69) is 0 Å². The first-order valence-electron chi connectivity index (χ1n) is 5.62. The molecule has 1 unspecified atom stereocenters. The van der Waals surface area contributed by atoms with Gasteiger partial charge in [-0.1, -0.05) is 17.7 Å². The molecule has 0 aliphatic carbocycles. The summed E-state index contributed by atoms with van der Waals surface area (Å²) in [6.07, 6.45) is -4.79. The van der Waals surface area contributed by atoms with Crippen LogP contribution in [-0.4, -0.2) is 15.8 Å². The zero-order valence-electron chi connectivity index (χ0n) is 10.0. The molecule has 1 aromatic carbocycles. The van der Waals surface area contributed by atoms with Crippen molar-refractivity contribution in [1.82, 2.24) is 4.57 Å². The highest BCUT2D eigenvalue weighted by atomic mass is 35.5. The van der Waals surface area contributed by atoms with Crippen LogP contribution in [0.25, 0.3) is 0 Å². The number of hydrogen-bond donors (Lipinski definition) is 1. The fourth-order valence-corrected chi connectivity index (χ4v) is 1.91. The van der Waals surface area contributed by atoms with Crippen LogP contribution in [0.2, 0.25) is 5.02 Å². The molecule has 1 aromatic heterocycles. The summed E-state index contributed by atoms with van der Waals surface area (Å²) < 4.78 is 52.0. The molecule has 2 rings (SSSR count). The van der Waals surface area contributed by atoms with Crippen LogP contribution in [0, 0.1) is 5.82 Å². The third-order valence-electron chi connectivity index (χ3n) is 2.77. The van der Waals surface area contributed by atoms with Crippen LogP contribution in [0.5, 0.6) is 0 Å². The second-order valence-corrected chi connectivity index (χ2v) is 4.73. The van der Waals surface area contributed by atoms with Crippen LogP contribution in [0.4, 0.5) is 17.6 Å². The Morgan fingerprint density at radius 3 is 2.55 bits per heavy atom. The van der Waals surface area contributed by atoms with Gasteiger partial charge < -0.3 is 9.67 Å². The van der Waals surface area contributed by atoms with Crippen molar-refractivity contribution in [3.05, 3.63) is 58.6 Å². The van der Waals surface area contributed by atoms with E-state index in [1.54, 1.807) is 0 Å². The smallest absolute Gasteiger partial charge is 0.379 e. The molecule has 0 spiro atoms. The van der Waals surface area contributed by atoms with Crippen LogP contribution >= 0.6 is 11.6 Å². The van der Waals surface area contributed by atoms with Crippen LogP contribution in [0.15, 0.2) is 36.7 Å². The number of halogens is 5. The van der Waals surface area contributed by atoms with Gasteiger partial charge in [-0.25, -0.2) is 4.39 Å². The monoisotopic (exact) mass is 307 g/mol. The first-order valence-corrected chi connectivity index (χ1v) is 5.99. The van der Waals surface area contributed by atoms with Gasteiger partial charge in [-0.05, 0) is 18.2 Å². The molecule has 7 heteroatoms. The molecule has 0 aliphatic heterocycles. The summed E-state index contributed by atoms with van der Waals surface area (Å²) in [6.45, 7) is 0.0492. The minimum absolute atomic E-state index is 0.0492. The van der Waals surface area contributed by atoms with Crippen LogP contribution < -0.4 is 0 Å². The number of rotatable bonds is 3. The second kappa shape index (κ2) is 5.46. The lowest BCUT2D eigenvalue weighted by atomic mass is 10.2. The van der Waals surface area contributed by atoms with E-state index in [9.17, 15) is 17.6 Å². The van der Waals surface area contributed by atoms with Crippen LogP contribution in [-0.2, 0) is 6.54 Å². The Morgan fingerprint density at radius 2 is 1.95 bits per heavy atom. The van der Waals surface area contributed by atoms with Crippen molar-refractivity contribution in [2.24, 2.45) is 0 Å². The van der Waals surface area contributed by atoms with E-state index < -0.39 is 18.1 Å². The van der Waals surface area contributed by atoms with E-state index >= 15 is 0 Å². The van der Waals surface area contributed by atoms with E-state index in [4.69, 9.17) is 16.7 Å². The molecule has 20 heavy (non-hydrogen) atoms. The lowest BCUT2D eigenvalue weighted by Gasteiger charge is -2.12. The highest BCUT2D eigenvalue weighted by molar-refractivity contribution is 6.30. The number of benzene rings is 1. The van der Waals surface area contributed by atoms with Gasteiger partial charge >= 0.3 is 6.18 Å². The molecule has 0 bridgehead atoms. The normalized spacial score (nSPS) is 13.5. The summed E-state index contributed by atoms with van der Waals surface area (Å²) in [5, 5.41) is 9.34. The lowest BCUT2D eigenvalue weighted by Crippen LogP contribution is -2.19. The Hall–Kier alpha value is -1.53. The van der Waals surface area contributed by atoms with E-state index in [1.807, 2.05) is 0 Å². The molecule has 2 aromatic rings. The average Bonchev–Trinajstić information content (AvgIpc) is 2.79. The Morgan fingerprint density at radius 1 is 1.25 bits per heavy atom. The van der Waals surface area contributed by atoms with Gasteiger partial charge in [0, 0.05) is 35.1 Å². The molecule has 0 aliphatic rings. The van der Waals surface area contributed by atoms with Crippen LogP contribution in [0.1, 0.15) is 17.2 Å². The zero-order valence-corrected chi connectivity index (χ0v) is 10.8. The molecule has 0 fully saturated rings. The number of aromatic nitrogens is 1.